The van der Waals surface area contributed by atoms with Gasteiger partial charge in [-0.25, -0.2) is 0 Å². The highest BCUT2D eigenvalue weighted by molar-refractivity contribution is 5.81. The Labute approximate surface area is 101 Å². The van der Waals surface area contributed by atoms with Crippen molar-refractivity contribution in [3.05, 3.63) is 12.4 Å². The molecular formula is C12H19N3O2. The van der Waals surface area contributed by atoms with Crippen LogP contribution in [0.5, 0.6) is 5.75 Å². The molecule has 0 bridgehead atoms. The Bertz CT molecular complexity index is 385. The Kier molecular flexibility index (Phi) is 3.66. The molecule has 94 valence electrons. The highest BCUT2D eigenvalue weighted by Crippen LogP contribution is 2.19. The number of ether oxygens (including phenoxy) is 1. The third kappa shape index (κ3) is 3.47. The zero-order valence-electron chi connectivity index (χ0n) is 10.3. The van der Waals surface area contributed by atoms with Gasteiger partial charge >= 0.3 is 0 Å². The van der Waals surface area contributed by atoms with Crippen LogP contribution in [0.1, 0.15) is 33.1 Å². The number of hydrogen-bond donors (Lipinski definition) is 1. The number of nitrogens with zero attached hydrogens (tertiary/aromatic N) is 2. The monoisotopic (exact) mass is 237 g/mol. The van der Waals surface area contributed by atoms with E-state index in [0.29, 0.717) is 11.8 Å². The summed E-state index contributed by atoms with van der Waals surface area (Å²) in [4.78, 5) is 11.7. The van der Waals surface area contributed by atoms with E-state index < -0.39 is 6.10 Å². The zero-order chi connectivity index (χ0) is 12.3. The molecule has 1 unspecified atom stereocenters. The fourth-order valence-electron chi connectivity index (χ4n) is 1.56. The van der Waals surface area contributed by atoms with Crippen molar-refractivity contribution < 1.29 is 9.53 Å². The van der Waals surface area contributed by atoms with Crippen LogP contribution in [0, 0.1) is 0 Å². The van der Waals surface area contributed by atoms with Crippen LogP contribution in [-0.2, 0) is 11.3 Å². The SMILES string of the molecule is CCCn1cc(OC(C)C(=O)NC2CC2)cn1. The molecule has 1 N–H and O–H groups in total. The van der Waals surface area contributed by atoms with Crippen molar-refractivity contribution >= 4 is 5.91 Å². The average molecular weight is 237 g/mol. The molecule has 0 aliphatic heterocycles. The molecule has 1 aromatic heterocycles. The second-order valence-corrected chi connectivity index (χ2v) is 4.48. The lowest BCUT2D eigenvalue weighted by atomic mass is 10.3. The lowest BCUT2D eigenvalue weighted by Crippen LogP contribution is -2.37. The third-order valence-electron chi connectivity index (χ3n) is 2.67. The highest BCUT2D eigenvalue weighted by atomic mass is 16.5. The summed E-state index contributed by atoms with van der Waals surface area (Å²) < 4.78 is 7.36. The lowest BCUT2D eigenvalue weighted by Gasteiger charge is -2.12. The fraction of sp³-hybridized carbons (Fsp3) is 0.667. The van der Waals surface area contributed by atoms with Crippen molar-refractivity contribution in [2.75, 3.05) is 0 Å². The topological polar surface area (TPSA) is 56.1 Å². The summed E-state index contributed by atoms with van der Waals surface area (Å²) in [6.07, 6.45) is 6.22. The number of carbonyl (C=O) groups excluding carboxylic acids is 1. The predicted molar refractivity (Wildman–Crippen MR) is 63.8 cm³/mol. The average Bonchev–Trinajstić information content (AvgIpc) is 3.00. The fourth-order valence-corrected chi connectivity index (χ4v) is 1.56. The minimum Gasteiger partial charge on any atom is -0.478 e. The molecule has 1 aromatic rings. The Balaban J connectivity index is 1.83. The van der Waals surface area contributed by atoms with E-state index in [1.807, 2.05) is 10.9 Å². The molecule has 1 atom stereocenters. The van der Waals surface area contributed by atoms with Gasteiger partial charge in [0.15, 0.2) is 11.9 Å². The molecule has 1 heterocycles. The number of amides is 1. The van der Waals surface area contributed by atoms with E-state index >= 15 is 0 Å². The Morgan fingerprint density at radius 3 is 3.12 bits per heavy atom. The second kappa shape index (κ2) is 5.21. The molecule has 1 fully saturated rings. The maximum Gasteiger partial charge on any atom is 0.260 e. The maximum absolute atomic E-state index is 11.7. The summed E-state index contributed by atoms with van der Waals surface area (Å²) in [6, 6.07) is 0.372. The van der Waals surface area contributed by atoms with Crippen molar-refractivity contribution in [1.82, 2.24) is 15.1 Å². The molecule has 0 radical (unpaired) electrons. The van der Waals surface area contributed by atoms with Crippen molar-refractivity contribution in [1.29, 1.82) is 0 Å². The summed E-state index contributed by atoms with van der Waals surface area (Å²) in [7, 11) is 0. The molecule has 5 heteroatoms. The number of nitrogens with one attached hydrogen (secondary N) is 1. The van der Waals surface area contributed by atoms with Crippen LogP contribution in [0.3, 0.4) is 0 Å². The molecule has 1 saturated carbocycles. The molecule has 0 spiro atoms. The molecule has 2 rings (SSSR count). The molecule has 17 heavy (non-hydrogen) atoms. The third-order valence-corrected chi connectivity index (χ3v) is 2.67. The summed E-state index contributed by atoms with van der Waals surface area (Å²) in [5.41, 5.74) is 0. The minimum absolute atomic E-state index is 0.0456. The van der Waals surface area contributed by atoms with E-state index in [4.69, 9.17) is 4.74 Å². The van der Waals surface area contributed by atoms with Gasteiger partial charge in [0.05, 0.1) is 12.4 Å². The molecule has 1 aliphatic carbocycles. The van der Waals surface area contributed by atoms with Gasteiger partial charge in [0.25, 0.3) is 5.91 Å². The van der Waals surface area contributed by atoms with Gasteiger partial charge in [0.1, 0.15) is 0 Å². The van der Waals surface area contributed by atoms with Gasteiger partial charge in [0, 0.05) is 12.6 Å². The van der Waals surface area contributed by atoms with Gasteiger partial charge in [-0.05, 0) is 26.2 Å². The van der Waals surface area contributed by atoms with Crippen LogP contribution in [0.4, 0.5) is 0 Å². The summed E-state index contributed by atoms with van der Waals surface area (Å²) in [5, 5.41) is 7.07. The van der Waals surface area contributed by atoms with Gasteiger partial charge in [-0.1, -0.05) is 6.92 Å². The number of aryl methyl sites for hydroxylation is 1. The largest absolute Gasteiger partial charge is 0.478 e. The van der Waals surface area contributed by atoms with Gasteiger partial charge < -0.3 is 10.1 Å². The first-order valence-electron chi connectivity index (χ1n) is 6.18. The summed E-state index contributed by atoms with van der Waals surface area (Å²) >= 11 is 0. The lowest BCUT2D eigenvalue weighted by molar-refractivity contribution is -0.127. The van der Waals surface area contributed by atoms with E-state index in [2.05, 4.69) is 17.3 Å². The normalized spacial score (nSPS) is 16.6. The number of carbonyl (C=O) groups is 1. The summed E-state index contributed by atoms with van der Waals surface area (Å²) in [5.74, 6) is 0.604. The van der Waals surface area contributed by atoms with E-state index in [-0.39, 0.29) is 5.91 Å². The highest BCUT2D eigenvalue weighted by Gasteiger charge is 2.26. The number of rotatable bonds is 6. The van der Waals surface area contributed by atoms with Gasteiger partial charge in [-0.2, -0.15) is 5.10 Å². The van der Waals surface area contributed by atoms with Crippen LogP contribution in [0.15, 0.2) is 12.4 Å². The Morgan fingerprint density at radius 1 is 1.71 bits per heavy atom. The van der Waals surface area contributed by atoms with Crippen LogP contribution in [0.2, 0.25) is 0 Å². The molecular weight excluding hydrogens is 218 g/mol. The van der Waals surface area contributed by atoms with Gasteiger partial charge in [-0.3, -0.25) is 9.48 Å². The number of aromatic nitrogens is 2. The Hall–Kier alpha value is -1.52. The van der Waals surface area contributed by atoms with Gasteiger partial charge in [-0.15, -0.1) is 0 Å². The van der Waals surface area contributed by atoms with E-state index in [1.165, 1.54) is 0 Å². The van der Waals surface area contributed by atoms with Crippen molar-refractivity contribution in [3.8, 4) is 5.75 Å². The smallest absolute Gasteiger partial charge is 0.260 e. The van der Waals surface area contributed by atoms with Crippen LogP contribution < -0.4 is 10.1 Å². The Morgan fingerprint density at radius 2 is 2.47 bits per heavy atom. The second-order valence-electron chi connectivity index (χ2n) is 4.48. The summed E-state index contributed by atoms with van der Waals surface area (Å²) in [6.45, 7) is 4.72. The van der Waals surface area contributed by atoms with Crippen molar-refractivity contribution in [2.45, 2.75) is 51.8 Å². The first-order valence-corrected chi connectivity index (χ1v) is 6.18. The number of hydrogen-bond acceptors (Lipinski definition) is 3. The van der Waals surface area contributed by atoms with E-state index in [9.17, 15) is 4.79 Å². The van der Waals surface area contributed by atoms with Crippen molar-refractivity contribution in [2.24, 2.45) is 0 Å². The van der Waals surface area contributed by atoms with E-state index in [0.717, 1.165) is 25.8 Å². The van der Waals surface area contributed by atoms with Gasteiger partial charge in [0.2, 0.25) is 0 Å². The van der Waals surface area contributed by atoms with Crippen molar-refractivity contribution in [3.63, 3.8) is 0 Å². The molecule has 1 amide bonds. The predicted octanol–water partition coefficient (Wildman–Crippen LogP) is 1.34. The van der Waals surface area contributed by atoms with E-state index in [1.54, 1.807) is 13.1 Å². The molecule has 5 nitrogen and oxygen atoms in total. The molecule has 1 aliphatic rings. The molecule has 0 saturated heterocycles. The standard InChI is InChI=1S/C12H19N3O2/c1-3-6-15-8-11(7-13-15)17-9(2)12(16)14-10-4-5-10/h7-10H,3-6H2,1-2H3,(H,14,16). The zero-order valence-corrected chi connectivity index (χ0v) is 10.3. The van der Waals surface area contributed by atoms with Crippen LogP contribution in [0.25, 0.3) is 0 Å². The van der Waals surface area contributed by atoms with Crippen LogP contribution in [-0.4, -0.2) is 27.8 Å². The minimum atomic E-state index is -0.463. The molecule has 0 aromatic carbocycles. The van der Waals surface area contributed by atoms with Crippen LogP contribution >= 0.6 is 0 Å². The maximum atomic E-state index is 11.7. The quantitative estimate of drug-likeness (QED) is 0.812. The first-order chi connectivity index (χ1) is 8.19. The first kappa shape index (κ1) is 12.0.